The molecule has 8 heteroatoms. The number of aromatic nitrogens is 2. The van der Waals surface area contributed by atoms with Crippen LogP contribution in [0, 0.1) is 11.2 Å². The first-order chi connectivity index (χ1) is 15.1. The zero-order valence-electron chi connectivity index (χ0n) is 18.3. The molecule has 3 aromatic rings. The number of fused-ring (bicyclic) bond motifs is 1. The fraction of sp³-hybridized carbons (Fsp3) is 0.375. The number of rotatable bonds is 6. The van der Waals surface area contributed by atoms with Crippen LogP contribution in [-0.4, -0.2) is 33.7 Å². The smallest absolute Gasteiger partial charge is 0.273 e. The molecule has 0 unspecified atom stereocenters. The van der Waals surface area contributed by atoms with Gasteiger partial charge in [0.25, 0.3) is 5.91 Å². The second-order valence-corrected chi connectivity index (χ2v) is 9.73. The third kappa shape index (κ3) is 4.78. The number of hydrogen-bond acceptors (Lipinski definition) is 3. The van der Waals surface area contributed by atoms with Crippen molar-refractivity contribution in [3.8, 4) is 0 Å². The van der Waals surface area contributed by atoms with Crippen molar-refractivity contribution >= 4 is 34.3 Å². The second-order valence-electron chi connectivity index (χ2n) is 9.32. The molecule has 32 heavy (non-hydrogen) atoms. The number of hydrogen-bond donors (Lipinski definition) is 2. The Morgan fingerprint density at radius 3 is 2.50 bits per heavy atom. The fourth-order valence-electron chi connectivity index (χ4n) is 3.63. The van der Waals surface area contributed by atoms with Gasteiger partial charge in [0.1, 0.15) is 11.9 Å². The Labute approximate surface area is 191 Å². The van der Waals surface area contributed by atoms with Crippen LogP contribution >= 0.6 is 11.6 Å². The van der Waals surface area contributed by atoms with Gasteiger partial charge in [0.2, 0.25) is 5.91 Å². The fourth-order valence-corrected chi connectivity index (χ4v) is 3.90. The SMILES string of the molecule is CC(C)(C)[C@H](NC(=O)c1nn(Cc2ccc(F)cc2)c2c(Cl)cccc12)C(=O)NC1CC1. The predicted molar refractivity (Wildman–Crippen MR) is 122 cm³/mol. The number of amides is 2. The van der Waals surface area contributed by atoms with Gasteiger partial charge in [0.15, 0.2) is 5.69 Å². The van der Waals surface area contributed by atoms with Gasteiger partial charge >= 0.3 is 0 Å². The summed E-state index contributed by atoms with van der Waals surface area (Å²) in [6, 6.07) is 10.8. The third-order valence-corrected chi connectivity index (χ3v) is 5.81. The third-order valence-electron chi connectivity index (χ3n) is 5.51. The maximum Gasteiger partial charge on any atom is 0.273 e. The molecule has 168 valence electrons. The molecule has 1 atom stereocenters. The van der Waals surface area contributed by atoms with Gasteiger partial charge in [0, 0.05) is 11.4 Å². The lowest BCUT2D eigenvalue weighted by Crippen LogP contribution is -2.54. The molecular formula is C24H26ClFN4O2. The van der Waals surface area contributed by atoms with Crippen molar-refractivity contribution in [1.29, 1.82) is 0 Å². The summed E-state index contributed by atoms with van der Waals surface area (Å²) in [6.45, 7) is 6.05. The lowest BCUT2D eigenvalue weighted by molar-refractivity contribution is -0.125. The molecule has 1 fully saturated rings. The summed E-state index contributed by atoms with van der Waals surface area (Å²) in [5.41, 5.74) is 1.13. The van der Waals surface area contributed by atoms with E-state index >= 15 is 0 Å². The summed E-state index contributed by atoms with van der Waals surface area (Å²) in [7, 11) is 0. The van der Waals surface area contributed by atoms with E-state index in [4.69, 9.17) is 11.6 Å². The van der Waals surface area contributed by atoms with E-state index in [2.05, 4.69) is 15.7 Å². The Kier molecular flexibility index (Phi) is 5.95. The van der Waals surface area contributed by atoms with Gasteiger partial charge in [-0.1, -0.05) is 56.6 Å². The Bertz CT molecular complexity index is 1160. The summed E-state index contributed by atoms with van der Waals surface area (Å²) in [6.07, 6.45) is 1.93. The number of halogens is 2. The standard InChI is InChI=1S/C24H26ClFN4O2/c1-24(2,3)21(23(32)27-16-11-12-16)28-22(31)19-17-5-4-6-18(25)20(17)30(29-19)13-14-7-9-15(26)10-8-14/h4-10,16,21H,11-13H2,1-3H3,(H,27,32)(H,28,31)/t21-/m1/s1. The molecule has 2 amide bonds. The van der Waals surface area contributed by atoms with Gasteiger partial charge in [-0.15, -0.1) is 0 Å². The van der Waals surface area contributed by atoms with Crippen LogP contribution < -0.4 is 10.6 Å². The highest BCUT2D eigenvalue weighted by atomic mass is 35.5. The molecule has 1 aliphatic rings. The van der Waals surface area contributed by atoms with Crippen molar-refractivity contribution in [3.05, 3.63) is 64.6 Å². The lowest BCUT2D eigenvalue weighted by atomic mass is 9.86. The van der Waals surface area contributed by atoms with Gasteiger partial charge in [-0.05, 0) is 42.0 Å². The van der Waals surface area contributed by atoms with E-state index in [0.717, 1.165) is 18.4 Å². The summed E-state index contributed by atoms with van der Waals surface area (Å²) in [5.74, 6) is -0.961. The van der Waals surface area contributed by atoms with Crippen LogP contribution in [0.15, 0.2) is 42.5 Å². The Morgan fingerprint density at radius 2 is 1.88 bits per heavy atom. The predicted octanol–water partition coefficient (Wildman–Crippen LogP) is 4.30. The number of nitrogens with zero attached hydrogens (tertiary/aromatic N) is 2. The molecule has 0 aliphatic heterocycles. The molecule has 0 radical (unpaired) electrons. The quantitative estimate of drug-likeness (QED) is 0.580. The number of para-hydroxylation sites is 1. The summed E-state index contributed by atoms with van der Waals surface area (Å²) in [4.78, 5) is 26.1. The van der Waals surface area contributed by atoms with Gasteiger partial charge < -0.3 is 10.6 Å². The number of carbonyl (C=O) groups excluding carboxylic acids is 2. The first kappa shape index (κ1) is 22.3. The van der Waals surface area contributed by atoms with E-state index in [-0.39, 0.29) is 23.5 Å². The van der Waals surface area contributed by atoms with Crippen LogP contribution in [0.5, 0.6) is 0 Å². The minimum Gasteiger partial charge on any atom is -0.352 e. The van der Waals surface area contributed by atoms with Crippen LogP contribution in [0.4, 0.5) is 4.39 Å². The summed E-state index contributed by atoms with van der Waals surface area (Å²) in [5, 5.41) is 11.4. The maximum absolute atomic E-state index is 13.3. The van der Waals surface area contributed by atoms with Gasteiger partial charge in [-0.2, -0.15) is 5.10 Å². The average molecular weight is 457 g/mol. The highest BCUT2D eigenvalue weighted by molar-refractivity contribution is 6.35. The van der Waals surface area contributed by atoms with E-state index in [1.54, 1.807) is 35.0 Å². The average Bonchev–Trinajstić information content (AvgIpc) is 3.46. The van der Waals surface area contributed by atoms with Crippen molar-refractivity contribution < 1.29 is 14.0 Å². The molecule has 4 rings (SSSR count). The molecule has 1 saturated carbocycles. The molecule has 1 heterocycles. The summed E-state index contributed by atoms with van der Waals surface area (Å²) < 4.78 is 14.9. The minimum absolute atomic E-state index is 0.193. The van der Waals surface area contributed by atoms with Crippen molar-refractivity contribution in [1.82, 2.24) is 20.4 Å². The van der Waals surface area contributed by atoms with E-state index in [9.17, 15) is 14.0 Å². The van der Waals surface area contributed by atoms with Gasteiger partial charge in [-0.3, -0.25) is 14.3 Å². The molecule has 6 nitrogen and oxygen atoms in total. The van der Waals surface area contributed by atoms with Crippen LogP contribution in [0.1, 0.15) is 49.7 Å². The monoisotopic (exact) mass is 456 g/mol. The molecule has 0 spiro atoms. The van der Waals surface area contributed by atoms with Crippen molar-refractivity contribution in [2.75, 3.05) is 0 Å². The van der Waals surface area contributed by atoms with Crippen LogP contribution in [0.25, 0.3) is 10.9 Å². The van der Waals surface area contributed by atoms with Crippen molar-refractivity contribution in [2.45, 2.75) is 52.2 Å². The van der Waals surface area contributed by atoms with Crippen LogP contribution in [0.3, 0.4) is 0 Å². The van der Waals surface area contributed by atoms with Gasteiger partial charge in [-0.25, -0.2) is 4.39 Å². The lowest BCUT2D eigenvalue weighted by Gasteiger charge is -2.30. The second kappa shape index (κ2) is 8.54. The van der Waals surface area contributed by atoms with Crippen molar-refractivity contribution in [3.63, 3.8) is 0 Å². The normalized spacial score (nSPS) is 14.9. The zero-order valence-corrected chi connectivity index (χ0v) is 19.0. The van der Waals surface area contributed by atoms with E-state index in [0.29, 0.717) is 22.5 Å². The molecule has 0 saturated heterocycles. The molecular weight excluding hydrogens is 431 g/mol. The Balaban J connectivity index is 1.66. The molecule has 0 bridgehead atoms. The first-order valence-corrected chi connectivity index (χ1v) is 11.0. The summed E-state index contributed by atoms with van der Waals surface area (Å²) >= 11 is 6.45. The van der Waals surface area contributed by atoms with Crippen LogP contribution in [-0.2, 0) is 11.3 Å². The maximum atomic E-state index is 13.3. The number of nitrogens with one attached hydrogen (secondary N) is 2. The van der Waals surface area contributed by atoms with Crippen LogP contribution in [0.2, 0.25) is 5.02 Å². The molecule has 1 aliphatic carbocycles. The van der Waals surface area contributed by atoms with Gasteiger partial charge in [0.05, 0.1) is 17.1 Å². The molecule has 2 N–H and O–H groups in total. The number of carbonyl (C=O) groups is 2. The molecule has 2 aromatic carbocycles. The Morgan fingerprint density at radius 1 is 1.19 bits per heavy atom. The van der Waals surface area contributed by atoms with E-state index in [1.807, 2.05) is 20.8 Å². The van der Waals surface area contributed by atoms with Crippen molar-refractivity contribution in [2.24, 2.45) is 5.41 Å². The minimum atomic E-state index is -0.716. The largest absolute Gasteiger partial charge is 0.352 e. The number of benzene rings is 2. The Hall–Kier alpha value is -2.93. The highest BCUT2D eigenvalue weighted by Gasteiger charge is 2.36. The van der Waals surface area contributed by atoms with E-state index < -0.39 is 17.4 Å². The zero-order chi connectivity index (χ0) is 23.0. The topological polar surface area (TPSA) is 76.0 Å². The molecule has 1 aromatic heterocycles. The highest BCUT2D eigenvalue weighted by Crippen LogP contribution is 2.28. The van der Waals surface area contributed by atoms with E-state index in [1.165, 1.54) is 12.1 Å². The first-order valence-electron chi connectivity index (χ1n) is 10.6.